The first-order chi connectivity index (χ1) is 11.1. The molecule has 1 aliphatic heterocycles. The summed E-state index contributed by atoms with van der Waals surface area (Å²) >= 11 is 7.68. The van der Waals surface area contributed by atoms with Gasteiger partial charge >= 0.3 is 0 Å². The van der Waals surface area contributed by atoms with Crippen LogP contribution in [0.3, 0.4) is 0 Å². The van der Waals surface area contributed by atoms with Gasteiger partial charge < -0.3 is 10.2 Å². The van der Waals surface area contributed by atoms with Crippen molar-refractivity contribution in [3.8, 4) is 0 Å². The molecule has 0 radical (unpaired) electrons. The van der Waals surface area contributed by atoms with Crippen molar-refractivity contribution in [2.24, 2.45) is 5.92 Å². The Kier molecular flexibility index (Phi) is 4.68. The monoisotopic (exact) mass is 348 g/mol. The molecule has 120 valence electrons. The first-order valence-electron chi connectivity index (χ1n) is 7.38. The van der Waals surface area contributed by atoms with Gasteiger partial charge in [-0.3, -0.25) is 9.59 Å². The second-order valence-electron chi connectivity index (χ2n) is 5.58. The van der Waals surface area contributed by atoms with E-state index in [1.807, 2.05) is 35.7 Å². The molecule has 0 aliphatic carbocycles. The van der Waals surface area contributed by atoms with Gasteiger partial charge in [-0.15, -0.1) is 11.3 Å². The minimum Gasteiger partial charge on any atom is -0.352 e. The fourth-order valence-electron chi connectivity index (χ4n) is 2.91. The highest BCUT2D eigenvalue weighted by atomic mass is 35.5. The molecular weight excluding hydrogens is 332 g/mol. The Morgan fingerprint density at radius 3 is 2.83 bits per heavy atom. The summed E-state index contributed by atoms with van der Waals surface area (Å²) in [6, 6.07) is 11.1. The predicted molar refractivity (Wildman–Crippen MR) is 91.2 cm³/mol. The summed E-state index contributed by atoms with van der Waals surface area (Å²) < 4.78 is 0. The lowest BCUT2D eigenvalue weighted by atomic mass is 9.98. The molecule has 0 unspecified atom stereocenters. The first-order valence-corrected chi connectivity index (χ1v) is 8.64. The Balaban J connectivity index is 1.73. The third-order valence-corrected chi connectivity index (χ3v) is 5.48. The molecule has 6 heteroatoms. The number of carbonyl (C=O) groups is 2. The van der Waals surface area contributed by atoms with Gasteiger partial charge in [-0.2, -0.15) is 0 Å². The van der Waals surface area contributed by atoms with Gasteiger partial charge in [0.25, 0.3) is 0 Å². The van der Waals surface area contributed by atoms with Crippen molar-refractivity contribution < 1.29 is 9.59 Å². The maximum atomic E-state index is 12.6. The Morgan fingerprint density at radius 1 is 1.35 bits per heavy atom. The van der Waals surface area contributed by atoms with E-state index in [1.54, 1.807) is 29.4 Å². The van der Waals surface area contributed by atoms with Crippen molar-refractivity contribution in [2.45, 2.75) is 19.0 Å². The number of hydrogen-bond acceptors (Lipinski definition) is 3. The lowest BCUT2D eigenvalue weighted by molar-refractivity contribution is -0.128. The van der Waals surface area contributed by atoms with E-state index >= 15 is 0 Å². The van der Waals surface area contributed by atoms with Gasteiger partial charge in [0.05, 0.1) is 12.0 Å². The van der Waals surface area contributed by atoms with Gasteiger partial charge in [-0.1, -0.05) is 35.9 Å². The number of thiophene rings is 1. The Labute approximate surface area is 144 Å². The van der Waals surface area contributed by atoms with E-state index in [1.165, 1.54) is 0 Å². The summed E-state index contributed by atoms with van der Waals surface area (Å²) in [6.45, 7) is 0.365. The molecule has 1 saturated heterocycles. The zero-order chi connectivity index (χ0) is 16.4. The molecule has 4 nitrogen and oxygen atoms in total. The summed E-state index contributed by atoms with van der Waals surface area (Å²) in [5, 5.41) is 5.51. The Hall–Kier alpha value is -1.85. The van der Waals surface area contributed by atoms with Crippen LogP contribution in [0.5, 0.6) is 0 Å². The molecule has 0 saturated carbocycles. The van der Waals surface area contributed by atoms with Gasteiger partial charge in [0, 0.05) is 29.9 Å². The molecule has 2 atom stereocenters. The van der Waals surface area contributed by atoms with Crippen LogP contribution in [0.4, 0.5) is 0 Å². The standard InChI is InChI=1S/C17H17ClN2O2S/c1-20-15(21)9-12(16(20)14-7-4-8-23-14)17(22)19-10-11-5-2-3-6-13(11)18/h2-8,12,16H,9-10H2,1H3,(H,19,22)/t12-,16+/m0/s1. The summed E-state index contributed by atoms with van der Waals surface area (Å²) in [6.07, 6.45) is 0.243. The van der Waals surface area contributed by atoms with Crippen LogP contribution < -0.4 is 5.32 Å². The molecular formula is C17H17ClN2O2S. The van der Waals surface area contributed by atoms with Crippen LogP contribution >= 0.6 is 22.9 Å². The van der Waals surface area contributed by atoms with Crippen LogP contribution in [0.1, 0.15) is 22.9 Å². The molecule has 2 heterocycles. The zero-order valence-electron chi connectivity index (χ0n) is 12.7. The summed E-state index contributed by atoms with van der Waals surface area (Å²) in [7, 11) is 1.76. The van der Waals surface area contributed by atoms with E-state index < -0.39 is 0 Å². The minimum atomic E-state index is -0.367. The third-order valence-electron chi connectivity index (χ3n) is 4.17. The van der Waals surface area contributed by atoms with Crippen molar-refractivity contribution in [1.82, 2.24) is 10.2 Å². The quantitative estimate of drug-likeness (QED) is 0.922. The molecule has 1 fully saturated rings. The second kappa shape index (κ2) is 6.72. The van der Waals surface area contributed by atoms with E-state index in [4.69, 9.17) is 11.6 Å². The normalized spacial score (nSPS) is 20.8. The van der Waals surface area contributed by atoms with Gasteiger partial charge in [0.2, 0.25) is 11.8 Å². The van der Waals surface area contributed by atoms with Crippen LogP contribution in [0.25, 0.3) is 0 Å². The van der Waals surface area contributed by atoms with Gasteiger partial charge in [0.1, 0.15) is 0 Å². The van der Waals surface area contributed by atoms with Crippen LogP contribution in [0, 0.1) is 5.92 Å². The number of nitrogens with one attached hydrogen (secondary N) is 1. The van der Waals surface area contributed by atoms with Crippen molar-refractivity contribution in [1.29, 1.82) is 0 Å². The van der Waals surface area contributed by atoms with Gasteiger partial charge in [-0.25, -0.2) is 0 Å². The molecule has 1 aromatic heterocycles. The summed E-state index contributed by atoms with van der Waals surface area (Å²) in [5.41, 5.74) is 0.868. The second-order valence-corrected chi connectivity index (χ2v) is 6.97. The number of halogens is 1. The van der Waals surface area contributed by atoms with E-state index in [-0.39, 0.29) is 30.2 Å². The Morgan fingerprint density at radius 2 is 2.13 bits per heavy atom. The lowest BCUT2D eigenvalue weighted by Gasteiger charge is -2.23. The maximum absolute atomic E-state index is 12.6. The molecule has 1 N–H and O–H groups in total. The fraction of sp³-hybridized carbons (Fsp3) is 0.294. The predicted octanol–water partition coefficient (Wildman–Crippen LogP) is 3.24. The highest BCUT2D eigenvalue weighted by Crippen LogP contribution is 2.39. The SMILES string of the molecule is CN1C(=O)C[C@H](C(=O)NCc2ccccc2Cl)[C@@H]1c1cccs1. The maximum Gasteiger partial charge on any atom is 0.226 e. The number of amides is 2. The van der Waals surface area contributed by atoms with Crippen molar-refractivity contribution >= 4 is 34.8 Å². The highest BCUT2D eigenvalue weighted by molar-refractivity contribution is 7.10. The molecule has 3 rings (SSSR count). The number of hydrogen-bond donors (Lipinski definition) is 1. The van der Waals surface area contributed by atoms with E-state index in [0.29, 0.717) is 11.6 Å². The first kappa shape index (κ1) is 16.0. The fourth-order valence-corrected chi connectivity index (χ4v) is 4.04. The van der Waals surface area contributed by atoms with Crippen LogP contribution in [0.15, 0.2) is 41.8 Å². The number of nitrogens with zero attached hydrogens (tertiary/aromatic N) is 1. The van der Waals surface area contributed by atoms with Crippen LogP contribution in [-0.4, -0.2) is 23.8 Å². The summed E-state index contributed by atoms with van der Waals surface area (Å²) in [4.78, 5) is 27.4. The third kappa shape index (κ3) is 3.26. The van der Waals surface area contributed by atoms with E-state index in [9.17, 15) is 9.59 Å². The molecule has 2 aromatic rings. The van der Waals surface area contributed by atoms with Crippen LogP contribution in [0.2, 0.25) is 5.02 Å². The van der Waals surface area contributed by atoms with Gasteiger partial charge in [0.15, 0.2) is 0 Å². The van der Waals surface area contributed by atoms with Crippen LogP contribution in [-0.2, 0) is 16.1 Å². The largest absolute Gasteiger partial charge is 0.352 e. The number of carbonyl (C=O) groups excluding carboxylic acids is 2. The molecule has 1 aliphatic rings. The minimum absolute atomic E-state index is 0.00120. The van der Waals surface area contributed by atoms with Crippen molar-refractivity contribution in [3.63, 3.8) is 0 Å². The molecule has 23 heavy (non-hydrogen) atoms. The molecule has 1 aromatic carbocycles. The Bertz CT molecular complexity index is 717. The average Bonchev–Trinajstić information content (AvgIpc) is 3.15. The molecule has 0 bridgehead atoms. The van der Waals surface area contributed by atoms with Crippen molar-refractivity contribution in [2.75, 3.05) is 7.05 Å². The van der Waals surface area contributed by atoms with E-state index in [0.717, 1.165) is 10.4 Å². The topological polar surface area (TPSA) is 49.4 Å². The van der Waals surface area contributed by atoms with E-state index in [2.05, 4.69) is 5.32 Å². The number of benzene rings is 1. The number of rotatable bonds is 4. The molecule has 2 amide bonds. The molecule has 0 spiro atoms. The smallest absolute Gasteiger partial charge is 0.226 e. The van der Waals surface area contributed by atoms with Crippen molar-refractivity contribution in [3.05, 3.63) is 57.2 Å². The summed E-state index contributed by atoms with van der Waals surface area (Å²) in [5.74, 6) is -0.476. The number of likely N-dealkylation sites (tertiary alicyclic amines) is 1. The average molecular weight is 349 g/mol. The van der Waals surface area contributed by atoms with Gasteiger partial charge in [-0.05, 0) is 23.1 Å². The zero-order valence-corrected chi connectivity index (χ0v) is 14.2. The lowest BCUT2D eigenvalue weighted by Crippen LogP contribution is -2.34. The highest BCUT2D eigenvalue weighted by Gasteiger charge is 2.43.